The first kappa shape index (κ1) is 44.3. The van der Waals surface area contributed by atoms with Crippen LogP contribution in [-0.4, -0.2) is 54.4 Å². The highest BCUT2D eigenvalue weighted by Gasteiger charge is 2.52. The van der Waals surface area contributed by atoms with E-state index in [0.717, 1.165) is 27.3 Å². The molecule has 0 aliphatic carbocycles. The Bertz CT molecular complexity index is 2260. The van der Waals surface area contributed by atoms with Gasteiger partial charge in [0.1, 0.15) is 28.6 Å². The second-order valence-corrected chi connectivity index (χ2v) is 21.2. The van der Waals surface area contributed by atoms with Gasteiger partial charge in [-0.05, 0) is 101 Å². The number of nitrogens with zero attached hydrogens (tertiary/aromatic N) is 3. The highest BCUT2D eigenvalue weighted by atomic mass is 28.4. The van der Waals surface area contributed by atoms with Gasteiger partial charge >= 0.3 is 5.97 Å². The summed E-state index contributed by atoms with van der Waals surface area (Å²) >= 11 is 0. The van der Waals surface area contributed by atoms with Crippen LogP contribution in [0, 0.1) is 11.8 Å². The van der Waals surface area contributed by atoms with E-state index in [4.69, 9.17) is 23.5 Å². The molecule has 6 rings (SSSR count). The van der Waals surface area contributed by atoms with Crippen LogP contribution in [0.1, 0.15) is 80.7 Å². The molecule has 316 valence electrons. The molecule has 5 atom stereocenters. The van der Waals surface area contributed by atoms with E-state index >= 15 is 0 Å². The fourth-order valence-corrected chi connectivity index (χ4v) is 13.2. The Morgan fingerprint density at radius 3 is 2.13 bits per heavy atom. The van der Waals surface area contributed by atoms with Gasteiger partial charge in [0.25, 0.3) is 8.32 Å². The minimum Gasteiger partial charge on any atom is -0.497 e. The van der Waals surface area contributed by atoms with Crippen LogP contribution in [0.4, 0.5) is 0 Å². The highest BCUT2D eigenvalue weighted by Crippen LogP contribution is 2.41. The van der Waals surface area contributed by atoms with Gasteiger partial charge in [-0.25, -0.2) is 4.79 Å². The molecule has 0 N–H and O–H groups in total. The predicted molar refractivity (Wildman–Crippen MR) is 242 cm³/mol. The Labute approximate surface area is 357 Å². The summed E-state index contributed by atoms with van der Waals surface area (Å²) < 4.78 is 26.8. The largest absolute Gasteiger partial charge is 0.497 e. The average molecular weight is 828 g/mol. The summed E-state index contributed by atoms with van der Waals surface area (Å²) in [7, 11) is -1.27. The quantitative estimate of drug-likeness (QED) is 0.0552. The van der Waals surface area contributed by atoms with E-state index < -0.39 is 19.9 Å². The predicted octanol–water partition coefficient (Wildman–Crippen LogP) is 9.56. The number of allylic oxidation sites excluding steroid dienone is 2. The lowest BCUT2D eigenvalue weighted by Crippen LogP contribution is -2.68. The van der Waals surface area contributed by atoms with Crippen molar-refractivity contribution in [3.8, 4) is 5.75 Å². The van der Waals surface area contributed by atoms with Crippen molar-refractivity contribution in [3.05, 3.63) is 150 Å². The van der Waals surface area contributed by atoms with E-state index in [1.165, 1.54) is 10.4 Å². The molecule has 60 heavy (non-hydrogen) atoms. The van der Waals surface area contributed by atoms with Gasteiger partial charge < -0.3 is 23.5 Å². The van der Waals surface area contributed by atoms with Gasteiger partial charge in [-0.3, -0.25) is 0 Å². The highest BCUT2D eigenvalue weighted by molar-refractivity contribution is 6.99. The van der Waals surface area contributed by atoms with Crippen LogP contribution >= 0.6 is 0 Å². The summed E-state index contributed by atoms with van der Waals surface area (Å²) in [6, 6.07) is 36.5. The summed E-state index contributed by atoms with van der Waals surface area (Å²) in [6.45, 7) is 19.8. The van der Waals surface area contributed by atoms with Gasteiger partial charge in [0, 0.05) is 11.8 Å². The van der Waals surface area contributed by atoms with E-state index in [1.807, 2.05) is 55.5 Å². The molecular weight excluding hydrogens is 767 g/mol. The number of hydrogen-bond donors (Lipinski definition) is 0. The summed E-state index contributed by atoms with van der Waals surface area (Å²) in [5, 5.41) is 10.6. The Kier molecular flexibility index (Phi) is 14.0. The van der Waals surface area contributed by atoms with E-state index in [-0.39, 0.29) is 42.1 Å². The van der Waals surface area contributed by atoms with Crippen LogP contribution in [-0.2, 0) is 25.3 Å². The number of hydrogen-bond acceptors (Lipinski definition) is 8. The molecule has 0 spiro atoms. The molecule has 10 heteroatoms. The molecule has 1 aliphatic heterocycles. The second kappa shape index (κ2) is 19.0. The average Bonchev–Trinajstić information content (AvgIpc) is 3.67. The van der Waals surface area contributed by atoms with E-state index in [2.05, 4.69) is 139 Å². The Morgan fingerprint density at radius 2 is 1.55 bits per heavy atom. The number of methoxy groups -OCH3 is 1. The molecule has 0 saturated heterocycles. The van der Waals surface area contributed by atoms with Crippen molar-refractivity contribution in [1.29, 1.82) is 0 Å². The number of carbonyl (C=O) groups excluding carboxylic acids is 1. The fraction of sp³-hybridized carbons (Fsp3) is 0.380. The van der Waals surface area contributed by atoms with Crippen molar-refractivity contribution in [2.75, 3.05) is 7.11 Å². The molecule has 1 aliphatic rings. The molecule has 0 radical (unpaired) electrons. The molecule has 0 bridgehead atoms. The third-order valence-electron chi connectivity index (χ3n) is 11.9. The molecule has 1 aromatic heterocycles. The Hall–Kier alpha value is -5.29. The van der Waals surface area contributed by atoms with Gasteiger partial charge in [0.2, 0.25) is 5.60 Å². The first-order valence-electron chi connectivity index (χ1n) is 21.0. The first-order chi connectivity index (χ1) is 28.8. The molecule has 0 saturated carbocycles. The van der Waals surface area contributed by atoms with E-state index in [9.17, 15) is 4.79 Å². The topological polar surface area (TPSA) is 93.9 Å². The zero-order valence-electron chi connectivity index (χ0n) is 36.8. The number of fused-ring (bicyclic) bond motifs is 1. The van der Waals surface area contributed by atoms with Crippen LogP contribution in [0.3, 0.4) is 0 Å². The van der Waals surface area contributed by atoms with Crippen LogP contribution in [0.2, 0.25) is 5.04 Å². The number of rotatable bonds is 16. The minimum atomic E-state index is -2.90. The molecule has 0 amide bonds. The lowest BCUT2D eigenvalue weighted by molar-refractivity contribution is -0.179. The first-order valence-corrected chi connectivity index (χ1v) is 23.0. The number of aromatic nitrogens is 3. The van der Waals surface area contributed by atoms with Crippen molar-refractivity contribution in [1.82, 2.24) is 15.2 Å². The maximum Gasteiger partial charge on any atom is 0.374 e. The molecule has 2 heterocycles. The normalized spacial score (nSPS) is 18.5. The molecule has 5 aromatic rings. The van der Waals surface area contributed by atoms with Gasteiger partial charge in [-0.15, -0.1) is 5.10 Å². The SMILES string of the molecule is C/C=C(\C)[C@H](O[Si](c1ccccc1)(c1ccccc1)C(C)(C)C)[C@@H](C)/C=C(\C)[C@H]1OC([C@](CC)(OCc2ccc(OC)cc2)C(=O)On2nnc3ccccc32)=CC[C@@H]1C. The monoisotopic (exact) mass is 827 g/mol. The van der Waals surface area contributed by atoms with E-state index in [1.54, 1.807) is 13.2 Å². The van der Waals surface area contributed by atoms with Gasteiger partial charge in [0.15, 0.2) is 0 Å². The Balaban J connectivity index is 1.34. The van der Waals surface area contributed by atoms with Crippen molar-refractivity contribution in [2.45, 2.75) is 105 Å². The van der Waals surface area contributed by atoms with Crippen molar-refractivity contribution < 1.29 is 28.3 Å². The number of para-hydroxylation sites is 1. The maximum absolute atomic E-state index is 14.6. The van der Waals surface area contributed by atoms with E-state index in [0.29, 0.717) is 23.2 Å². The summed E-state index contributed by atoms with van der Waals surface area (Å²) in [6.07, 6.45) is 6.79. The summed E-state index contributed by atoms with van der Waals surface area (Å²) in [5.41, 5.74) is 2.66. The number of carbonyl (C=O) groups is 1. The number of ether oxygens (including phenoxy) is 3. The van der Waals surface area contributed by atoms with Crippen LogP contribution in [0.15, 0.2) is 144 Å². The lowest BCUT2D eigenvalue weighted by atomic mass is 9.86. The molecule has 9 nitrogen and oxygen atoms in total. The molecular formula is C50H61N3O6Si. The molecule has 4 aromatic carbocycles. The zero-order valence-corrected chi connectivity index (χ0v) is 37.8. The lowest BCUT2D eigenvalue weighted by Gasteiger charge is -2.46. The van der Waals surface area contributed by atoms with Gasteiger partial charge in [-0.2, -0.15) is 0 Å². The number of benzene rings is 4. The summed E-state index contributed by atoms with van der Waals surface area (Å²) in [5.74, 6) is 0.587. The minimum absolute atomic E-state index is 0.0270. The molecule has 0 fully saturated rings. The zero-order chi connectivity index (χ0) is 43.1. The van der Waals surface area contributed by atoms with Crippen molar-refractivity contribution in [2.24, 2.45) is 11.8 Å². The van der Waals surface area contributed by atoms with Crippen molar-refractivity contribution in [3.63, 3.8) is 0 Å². The standard InChI is InChI=1S/C50H61N3O6Si/c1-11-35(3)47(59-60(49(7,8)9,41-21-15-13-16-22-41)42-23-17-14-18-24-42)38(6)33-37(5)46-36(4)27-32-45(57-46)50(12-2,56-34-39-28-30-40(55-10)31-29-39)48(54)58-53-44-26-20-19-25-43(44)51-52-53/h11,13-26,28-33,36,38,46-47H,12,27,34H2,1-10H3/b35-11+,37-33+/t36-,38-,46-,47-,50-/m0/s1. The maximum atomic E-state index is 14.6. The summed E-state index contributed by atoms with van der Waals surface area (Å²) in [4.78, 5) is 21.8. The fourth-order valence-electron chi connectivity index (χ4n) is 8.42. The van der Waals surface area contributed by atoms with Crippen LogP contribution < -0.4 is 19.9 Å². The van der Waals surface area contributed by atoms with Crippen LogP contribution in [0.5, 0.6) is 5.75 Å². The Morgan fingerprint density at radius 1 is 0.933 bits per heavy atom. The molecule has 0 unspecified atom stereocenters. The smallest absolute Gasteiger partial charge is 0.374 e. The third kappa shape index (κ3) is 9.06. The van der Waals surface area contributed by atoms with Crippen molar-refractivity contribution >= 4 is 35.7 Å². The van der Waals surface area contributed by atoms with Gasteiger partial charge in [-0.1, -0.05) is 143 Å². The third-order valence-corrected chi connectivity index (χ3v) is 16.9. The second-order valence-electron chi connectivity index (χ2n) is 17.0. The van der Waals surface area contributed by atoms with Crippen LogP contribution in [0.25, 0.3) is 11.0 Å². The van der Waals surface area contributed by atoms with Gasteiger partial charge in [0.05, 0.1) is 19.8 Å².